The lowest BCUT2D eigenvalue weighted by Crippen LogP contribution is -2.19. The first kappa shape index (κ1) is 23.7. The lowest BCUT2D eigenvalue weighted by Gasteiger charge is -2.28. The van der Waals surface area contributed by atoms with Crippen molar-refractivity contribution in [2.24, 2.45) is 11.8 Å². The van der Waals surface area contributed by atoms with Gasteiger partial charge < -0.3 is 0 Å². The first-order valence-corrected chi connectivity index (χ1v) is 12.3. The van der Waals surface area contributed by atoms with E-state index in [4.69, 9.17) is 5.26 Å². The standard InChI is InChI=1S/C28H37F2N/c1-2-3-4-5-6-7-22-8-10-23(11-9-22)12-13-24-14-16-25(17-15-24)26-18-19-28(30,21-31)20-27(26)29/h14-19,22-23H,2-13,20H2,1H3/t22-,23-,28?. The summed E-state index contributed by atoms with van der Waals surface area (Å²) in [6.45, 7) is 2.27. The van der Waals surface area contributed by atoms with Crippen LogP contribution in [0.4, 0.5) is 8.78 Å². The van der Waals surface area contributed by atoms with E-state index in [0.29, 0.717) is 5.57 Å². The van der Waals surface area contributed by atoms with Gasteiger partial charge in [0.2, 0.25) is 5.67 Å². The van der Waals surface area contributed by atoms with E-state index in [0.717, 1.165) is 23.8 Å². The fourth-order valence-corrected chi connectivity index (χ4v) is 5.08. The van der Waals surface area contributed by atoms with Crippen LogP contribution in [-0.2, 0) is 6.42 Å². The van der Waals surface area contributed by atoms with E-state index < -0.39 is 17.9 Å². The number of halogens is 2. The van der Waals surface area contributed by atoms with Gasteiger partial charge in [-0.05, 0) is 41.9 Å². The second kappa shape index (κ2) is 11.6. The number of nitrogens with zero attached hydrogens (tertiary/aromatic N) is 1. The molecular formula is C28H37F2N. The average Bonchev–Trinajstić information content (AvgIpc) is 2.79. The molecule has 1 nitrogen and oxygen atoms in total. The van der Waals surface area contributed by atoms with Gasteiger partial charge in [0.1, 0.15) is 11.9 Å². The number of aryl methyl sites for hydroxylation is 1. The zero-order valence-corrected chi connectivity index (χ0v) is 19.0. The van der Waals surface area contributed by atoms with Crippen molar-refractivity contribution in [2.75, 3.05) is 0 Å². The predicted molar refractivity (Wildman–Crippen MR) is 125 cm³/mol. The van der Waals surface area contributed by atoms with E-state index in [1.165, 1.54) is 94.4 Å². The van der Waals surface area contributed by atoms with Gasteiger partial charge >= 0.3 is 0 Å². The van der Waals surface area contributed by atoms with Crippen LogP contribution < -0.4 is 0 Å². The fraction of sp³-hybridized carbons (Fsp3) is 0.607. The summed E-state index contributed by atoms with van der Waals surface area (Å²) in [4.78, 5) is 0. The van der Waals surface area contributed by atoms with E-state index in [1.54, 1.807) is 0 Å². The molecule has 0 bridgehead atoms. The summed E-state index contributed by atoms with van der Waals surface area (Å²) in [5.74, 6) is 1.23. The average molecular weight is 426 g/mol. The van der Waals surface area contributed by atoms with Gasteiger partial charge in [-0.1, -0.05) is 101 Å². The minimum Gasteiger partial charge on any atom is -0.222 e. The minimum absolute atomic E-state index is 0.392. The minimum atomic E-state index is -2.22. The number of alkyl halides is 1. The van der Waals surface area contributed by atoms with Gasteiger partial charge in [0.05, 0.1) is 6.42 Å². The van der Waals surface area contributed by atoms with Crippen LogP contribution in [0.25, 0.3) is 5.57 Å². The second-order valence-corrected chi connectivity index (χ2v) is 9.63. The maximum atomic E-state index is 14.3. The summed E-state index contributed by atoms with van der Waals surface area (Å²) in [5.41, 5.74) is 0.196. The molecule has 0 spiro atoms. The van der Waals surface area contributed by atoms with Gasteiger partial charge in [-0.25, -0.2) is 8.78 Å². The summed E-state index contributed by atoms with van der Waals surface area (Å²) in [5, 5.41) is 8.84. The summed E-state index contributed by atoms with van der Waals surface area (Å²) in [6.07, 6.45) is 18.2. The number of unbranched alkanes of at least 4 members (excludes halogenated alkanes) is 4. The Kier molecular flexibility index (Phi) is 8.88. The lowest BCUT2D eigenvalue weighted by molar-refractivity contribution is 0.248. The molecular weight excluding hydrogens is 388 g/mol. The number of hydrogen-bond acceptors (Lipinski definition) is 1. The van der Waals surface area contributed by atoms with E-state index in [1.807, 2.05) is 12.1 Å². The zero-order chi connectivity index (χ0) is 22.1. The van der Waals surface area contributed by atoms with Crippen molar-refractivity contribution in [3.63, 3.8) is 0 Å². The highest BCUT2D eigenvalue weighted by Crippen LogP contribution is 2.36. The monoisotopic (exact) mass is 425 g/mol. The number of allylic oxidation sites excluding steroid dienone is 4. The highest BCUT2D eigenvalue weighted by atomic mass is 19.1. The van der Waals surface area contributed by atoms with Crippen LogP contribution in [-0.4, -0.2) is 5.67 Å². The molecule has 1 aromatic carbocycles. The van der Waals surface area contributed by atoms with Gasteiger partial charge in [0.25, 0.3) is 0 Å². The molecule has 2 aliphatic rings. The smallest absolute Gasteiger partial charge is 0.220 e. The van der Waals surface area contributed by atoms with Crippen LogP contribution in [0.15, 0.2) is 42.2 Å². The summed E-state index contributed by atoms with van der Waals surface area (Å²) in [7, 11) is 0. The second-order valence-electron chi connectivity index (χ2n) is 9.63. The summed E-state index contributed by atoms with van der Waals surface area (Å²) in [6, 6.07) is 9.49. The maximum absolute atomic E-state index is 14.3. The van der Waals surface area contributed by atoms with E-state index in [-0.39, 0.29) is 0 Å². The van der Waals surface area contributed by atoms with Crippen molar-refractivity contribution in [2.45, 2.75) is 96.1 Å². The zero-order valence-electron chi connectivity index (χ0n) is 19.0. The molecule has 0 saturated heterocycles. The van der Waals surface area contributed by atoms with Crippen LogP contribution in [0.1, 0.15) is 95.1 Å². The van der Waals surface area contributed by atoms with Gasteiger partial charge in [0, 0.05) is 5.57 Å². The predicted octanol–water partition coefficient (Wildman–Crippen LogP) is 8.66. The first-order chi connectivity index (χ1) is 15.0. The third-order valence-electron chi connectivity index (χ3n) is 7.19. The maximum Gasteiger partial charge on any atom is 0.220 e. The Morgan fingerprint density at radius 2 is 1.61 bits per heavy atom. The summed E-state index contributed by atoms with van der Waals surface area (Å²) < 4.78 is 28.3. The van der Waals surface area contributed by atoms with Crippen LogP contribution in [0.3, 0.4) is 0 Å². The molecule has 0 aliphatic heterocycles. The quantitative estimate of drug-likeness (QED) is 0.344. The third-order valence-corrected chi connectivity index (χ3v) is 7.19. The molecule has 1 saturated carbocycles. The molecule has 168 valence electrons. The molecule has 1 unspecified atom stereocenters. The van der Waals surface area contributed by atoms with Crippen molar-refractivity contribution in [3.8, 4) is 6.07 Å². The molecule has 0 aromatic heterocycles. The Morgan fingerprint density at radius 1 is 0.968 bits per heavy atom. The molecule has 2 aliphatic carbocycles. The molecule has 0 N–H and O–H groups in total. The van der Waals surface area contributed by atoms with Gasteiger partial charge in [-0.3, -0.25) is 0 Å². The molecule has 0 radical (unpaired) electrons. The van der Waals surface area contributed by atoms with Crippen LogP contribution in [0.5, 0.6) is 0 Å². The number of nitriles is 1. The van der Waals surface area contributed by atoms with E-state index in [9.17, 15) is 8.78 Å². The van der Waals surface area contributed by atoms with Crippen molar-refractivity contribution in [3.05, 3.63) is 53.4 Å². The Balaban J connectivity index is 1.40. The topological polar surface area (TPSA) is 23.8 Å². The fourth-order valence-electron chi connectivity index (χ4n) is 5.08. The van der Waals surface area contributed by atoms with Crippen LogP contribution >= 0.6 is 0 Å². The number of hydrogen-bond donors (Lipinski definition) is 0. The number of benzene rings is 1. The molecule has 1 aromatic rings. The molecule has 0 amide bonds. The Hall–Kier alpha value is -1.95. The first-order valence-electron chi connectivity index (χ1n) is 12.3. The number of rotatable bonds is 10. The summed E-state index contributed by atoms with van der Waals surface area (Å²) >= 11 is 0. The van der Waals surface area contributed by atoms with Crippen molar-refractivity contribution >= 4 is 5.57 Å². The van der Waals surface area contributed by atoms with Crippen LogP contribution in [0, 0.1) is 23.2 Å². The Labute approximate surface area is 187 Å². The van der Waals surface area contributed by atoms with Gasteiger partial charge in [0.15, 0.2) is 0 Å². The van der Waals surface area contributed by atoms with Crippen molar-refractivity contribution < 1.29 is 8.78 Å². The van der Waals surface area contributed by atoms with E-state index in [2.05, 4.69) is 19.1 Å². The molecule has 0 heterocycles. The third kappa shape index (κ3) is 7.03. The molecule has 3 rings (SSSR count). The Bertz CT molecular complexity index is 793. The molecule has 1 atom stereocenters. The van der Waals surface area contributed by atoms with E-state index >= 15 is 0 Å². The van der Waals surface area contributed by atoms with Crippen molar-refractivity contribution in [1.29, 1.82) is 5.26 Å². The van der Waals surface area contributed by atoms with Gasteiger partial charge in [-0.15, -0.1) is 0 Å². The highest BCUT2D eigenvalue weighted by molar-refractivity contribution is 5.77. The Morgan fingerprint density at radius 3 is 2.23 bits per heavy atom. The SMILES string of the molecule is CCCCCCC[C@H]1CC[C@H](CCc2ccc(C3=C(F)CC(F)(C#N)C=C3)cc2)CC1. The van der Waals surface area contributed by atoms with Crippen LogP contribution in [0.2, 0.25) is 0 Å². The molecule has 1 fully saturated rings. The highest BCUT2D eigenvalue weighted by Gasteiger charge is 2.32. The van der Waals surface area contributed by atoms with Crippen molar-refractivity contribution in [1.82, 2.24) is 0 Å². The van der Waals surface area contributed by atoms with Gasteiger partial charge in [-0.2, -0.15) is 5.26 Å². The lowest BCUT2D eigenvalue weighted by atomic mass is 9.77. The largest absolute Gasteiger partial charge is 0.222 e. The molecule has 3 heteroatoms. The molecule has 31 heavy (non-hydrogen) atoms. The normalized spacial score (nSPS) is 26.1.